The van der Waals surface area contributed by atoms with E-state index in [0.29, 0.717) is 0 Å². The maximum Gasteiger partial charge on any atom is 0.235 e. The second kappa shape index (κ2) is 8.70. The number of rotatable bonds is 8. The Bertz CT molecular complexity index is 418. The number of carbonyl (C=O) groups excluding carboxylic acids is 1. The van der Waals surface area contributed by atoms with Crippen molar-refractivity contribution in [2.24, 2.45) is 0 Å². The molecule has 0 spiro atoms. The van der Waals surface area contributed by atoms with Crippen molar-refractivity contribution in [3.05, 3.63) is 21.9 Å². The molecular formula is C15H26N2OS2. The molecule has 20 heavy (non-hydrogen) atoms. The third-order valence-electron chi connectivity index (χ3n) is 3.04. The van der Waals surface area contributed by atoms with E-state index in [1.807, 2.05) is 25.9 Å². The number of nitrogens with zero attached hydrogens (tertiary/aromatic N) is 2. The molecule has 1 heterocycles. The fourth-order valence-electron chi connectivity index (χ4n) is 1.92. The van der Waals surface area contributed by atoms with Gasteiger partial charge >= 0.3 is 0 Å². The quantitative estimate of drug-likeness (QED) is 0.737. The molecule has 0 radical (unpaired) electrons. The Morgan fingerprint density at radius 1 is 1.35 bits per heavy atom. The van der Waals surface area contributed by atoms with E-state index in [-0.39, 0.29) is 11.2 Å². The molecule has 0 N–H and O–H groups in total. The second-order valence-corrected chi connectivity index (χ2v) is 8.16. The van der Waals surface area contributed by atoms with Crippen LogP contribution < -0.4 is 0 Å². The van der Waals surface area contributed by atoms with Crippen LogP contribution in [0.1, 0.15) is 23.6 Å². The maximum atomic E-state index is 12.5. The van der Waals surface area contributed by atoms with Gasteiger partial charge in [0, 0.05) is 22.8 Å². The van der Waals surface area contributed by atoms with E-state index in [1.54, 1.807) is 23.1 Å². The second-order valence-electron chi connectivity index (χ2n) is 5.17. The van der Waals surface area contributed by atoms with Crippen LogP contribution in [-0.4, -0.2) is 53.9 Å². The van der Waals surface area contributed by atoms with Crippen molar-refractivity contribution in [2.75, 3.05) is 32.9 Å². The van der Waals surface area contributed by atoms with Crippen LogP contribution in [0.25, 0.3) is 0 Å². The van der Waals surface area contributed by atoms with Crippen LogP contribution in [-0.2, 0) is 11.3 Å². The topological polar surface area (TPSA) is 23.6 Å². The van der Waals surface area contributed by atoms with Gasteiger partial charge in [-0.05, 0) is 45.8 Å². The molecule has 1 atom stereocenters. The third-order valence-corrected chi connectivity index (χ3v) is 5.06. The van der Waals surface area contributed by atoms with E-state index in [9.17, 15) is 4.79 Å². The number of hydrogen-bond acceptors (Lipinski definition) is 4. The van der Waals surface area contributed by atoms with Gasteiger partial charge in [0.15, 0.2) is 0 Å². The largest absolute Gasteiger partial charge is 0.335 e. The highest BCUT2D eigenvalue weighted by Crippen LogP contribution is 2.19. The Hall–Kier alpha value is -0.520. The van der Waals surface area contributed by atoms with Crippen LogP contribution in [0.2, 0.25) is 0 Å². The van der Waals surface area contributed by atoms with Crippen molar-refractivity contribution in [3.8, 4) is 0 Å². The van der Waals surface area contributed by atoms with Crippen molar-refractivity contribution in [2.45, 2.75) is 32.6 Å². The molecule has 0 aromatic carbocycles. The summed E-state index contributed by atoms with van der Waals surface area (Å²) in [4.78, 5) is 19.2. The fourth-order valence-corrected chi connectivity index (χ4v) is 3.62. The zero-order valence-electron chi connectivity index (χ0n) is 13.2. The number of thiophene rings is 1. The highest BCUT2D eigenvalue weighted by molar-refractivity contribution is 8.00. The van der Waals surface area contributed by atoms with Crippen molar-refractivity contribution in [3.63, 3.8) is 0 Å². The molecule has 1 unspecified atom stereocenters. The minimum absolute atomic E-state index is 0.0446. The summed E-state index contributed by atoms with van der Waals surface area (Å²) in [5.74, 6) is 1.23. The lowest BCUT2D eigenvalue weighted by atomic mass is 10.3. The first-order chi connectivity index (χ1) is 9.43. The number of amides is 1. The van der Waals surface area contributed by atoms with Gasteiger partial charge in [-0.2, -0.15) is 0 Å². The average molecular weight is 315 g/mol. The van der Waals surface area contributed by atoms with Crippen LogP contribution in [0.4, 0.5) is 0 Å². The molecular weight excluding hydrogens is 288 g/mol. The molecule has 1 rings (SSSR count). The van der Waals surface area contributed by atoms with Gasteiger partial charge < -0.3 is 9.80 Å². The van der Waals surface area contributed by atoms with Gasteiger partial charge in [-0.25, -0.2) is 0 Å². The molecule has 0 fully saturated rings. The minimum Gasteiger partial charge on any atom is -0.335 e. The smallest absolute Gasteiger partial charge is 0.235 e. The number of carbonyl (C=O) groups is 1. The van der Waals surface area contributed by atoms with E-state index in [1.165, 1.54) is 9.75 Å². The monoisotopic (exact) mass is 314 g/mol. The normalized spacial score (nSPS) is 12.7. The van der Waals surface area contributed by atoms with Gasteiger partial charge in [-0.15, -0.1) is 23.1 Å². The van der Waals surface area contributed by atoms with E-state index in [4.69, 9.17) is 0 Å². The predicted octanol–water partition coefficient (Wildman–Crippen LogP) is 3.09. The van der Waals surface area contributed by atoms with Gasteiger partial charge in [0.25, 0.3) is 0 Å². The summed E-state index contributed by atoms with van der Waals surface area (Å²) in [6, 6.07) is 4.26. The summed E-state index contributed by atoms with van der Waals surface area (Å²) < 4.78 is 0. The Morgan fingerprint density at radius 2 is 2.05 bits per heavy atom. The summed E-state index contributed by atoms with van der Waals surface area (Å²) in [6.07, 6.45) is 0. The minimum atomic E-state index is 0.0446. The van der Waals surface area contributed by atoms with Crippen molar-refractivity contribution >= 4 is 29.0 Å². The Balaban J connectivity index is 2.70. The molecule has 0 aliphatic carbocycles. The molecule has 114 valence electrons. The molecule has 0 saturated carbocycles. The SMILES string of the molecule is CCSC(C)C(=O)N(CCN(C)C)Cc1ccc(C)s1. The highest BCUT2D eigenvalue weighted by Gasteiger charge is 2.21. The Kier molecular flexibility index (Phi) is 7.62. The third kappa shape index (κ3) is 5.85. The molecule has 1 aromatic heterocycles. The van der Waals surface area contributed by atoms with Gasteiger partial charge in [0.1, 0.15) is 0 Å². The van der Waals surface area contributed by atoms with Gasteiger partial charge in [0.2, 0.25) is 5.91 Å². The molecule has 0 aliphatic rings. The van der Waals surface area contributed by atoms with Crippen LogP contribution in [0.3, 0.4) is 0 Å². The van der Waals surface area contributed by atoms with E-state index in [2.05, 4.69) is 30.9 Å². The molecule has 1 aromatic rings. The molecule has 3 nitrogen and oxygen atoms in total. The first-order valence-corrected chi connectivity index (χ1v) is 8.91. The van der Waals surface area contributed by atoms with E-state index < -0.39 is 0 Å². The molecule has 0 aliphatic heterocycles. The van der Waals surface area contributed by atoms with Crippen molar-refractivity contribution < 1.29 is 4.79 Å². The van der Waals surface area contributed by atoms with Gasteiger partial charge in [-0.1, -0.05) is 6.92 Å². The van der Waals surface area contributed by atoms with Crippen LogP contribution >= 0.6 is 23.1 Å². The number of aryl methyl sites for hydroxylation is 1. The lowest BCUT2D eigenvalue weighted by Crippen LogP contribution is -2.40. The zero-order chi connectivity index (χ0) is 15.1. The lowest BCUT2D eigenvalue weighted by Gasteiger charge is -2.26. The summed E-state index contributed by atoms with van der Waals surface area (Å²) >= 11 is 3.49. The molecule has 5 heteroatoms. The zero-order valence-corrected chi connectivity index (χ0v) is 14.8. The van der Waals surface area contributed by atoms with E-state index >= 15 is 0 Å². The molecule has 1 amide bonds. The first-order valence-electron chi connectivity index (χ1n) is 7.04. The standard InChI is InChI=1S/C15H26N2OS2/c1-6-19-13(3)15(18)17(10-9-16(4)5)11-14-8-7-12(2)20-14/h7-8,13H,6,9-11H2,1-5H3. The summed E-state index contributed by atoms with van der Waals surface area (Å²) in [5, 5.41) is 0.0446. The van der Waals surface area contributed by atoms with Crippen LogP contribution in [0, 0.1) is 6.92 Å². The van der Waals surface area contributed by atoms with Gasteiger partial charge in [0.05, 0.1) is 11.8 Å². The molecule has 0 bridgehead atoms. The van der Waals surface area contributed by atoms with E-state index in [0.717, 1.165) is 25.4 Å². The summed E-state index contributed by atoms with van der Waals surface area (Å²) in [7, 11) is 4.09. The first kappa shape index (κ1) is 17.5. The highest BCUT2D eigenvalue weighted by atomic mass is 32.2. The molecule has 0 saturated heterocycles. The van der Waals surface area contributed by atoms with Crippen molar-refractivity contribution in [1.82, 2.24) is 9.80 Å². The number of thioether (sulfide) groups is 1. The summed E-state index contributed by atoms with van der Waals surface area (Å²) in [5.41, 5.74) is 0. The van der Waals surface area contributed by atoms with Crippen LogP contribution in [0.15, 0.2) is 12.1 Å². The number of hydrogen-bond donors (Lipinski definition) is 0. The fraction of sp³-hybridized carbons (Fsp3) is 0.667. The Labute approximate surface area is 131 Å². The van der Waals surface area contributed by atoms with Crippen molar-refractivity contribution in [1.29, 1.82) is 0 Å². The summed E-state index contributed by atoms with van der Waals surface area (Å²) in [6.45, 7) is 8.65. The predicted molar refractivity (Wildman–Crippen MR) is 90.6 cm³/mol. The van der Waals surface area contributed by atoms with Crippen LogP contribution in [0.5, 0.6) is 0 Å². The lowest BCUT2D eigenvalue weighted by molar-refractivity contribution is -0.131. The number of likely N-dealkylation sites (N-methyl/N-ethyl adjacent to an activating group) is 1. The maximum absolute atomic E-state index is 12.5. The Morgan fingerprint density at radius 3 is 2.55 bits per heavy atom. The average Bonchev–Trinajstić information content (AvgIpc) is 2.79. The van der Waals surface area contributed by atoms with Gasteiger partial charge in [-0.3, -0.25) is 4.79 Å².